The first-order valence-corrected chi connectivity index (χ1v) is 10.7. The van der Waals surface area contributed by atoms with Crippen molar-refractivity contribution in [1.29, 1.82) is 0 Å². The molecule has 156 valence electrons. The first-order chi connectivity index (χ1) is 13.7. The van der Waals surface area contributed by atoms with Crippen LogP contribution >= 0.6 is 27.5 Å². The Balaban J connectivity index is 2.28. The van der Waals surface area contributed by atoms with E-state index >= 15 is 0 Å². The van der Waals surface area contributed by atoms with Gasteiger partial charge in [-0.2, -0.15) is 0 Å². The molecule has 2 amide bonds. The molecule has 29 heavy (non-hydrogen) atoms. The van der Waals surface area contributed by atoms with Crippen LogP contribution in [0.3, 0.4) is 0 Å². The highest BCUT2D eigenvalue weighted by Gasteiger charge is 2.28. The number of hydrogen-bond donors (Lipinski definition) is 1. The maximum Gasteiger partial charge on any atom is 0.242 e. The third-order valence-corrected chi connectivity index (χ3v) is 5.71. The molecule has 2 atom stereocenters. The molecule has 2 rings (SSSR count). The van der Waals surface area contributed by atoms with Crippen molar-refractivity contribution in [2.45, 2.75) is 52.2 Å². The van der Waals surface area contributed by atoms with Gasteiger partial charge in [0, 0.05) is 27.6 Å². The van der Waals surface area contributed by atoms with Crippen molar-refractivity contribution in [2.75, 3.05) is 0 Å². The first-order valence-electron chi connectivity index (χ1n) is 9.50. The summed E-state index contributed by atoms with van der Waals surface area (Å²) in [5.41, 5.74) is 0.999. The van der Waals surface area contributed by atoms with Gasteiger partial charge in [-0.1, -0.05) is 52.7 Å². The normalized spacial score (nSPS) is 12.9. The topological polar surface area (TPSA) is 49.4 Å². The first kappa shape index (κ1) is 23.4. The van der Waals surface area contributed by atoms with Gasteiger partial charge in [-0.05, 0) is 50.1 Å². The van der Waals surface area contributed by atoms with Crippen molar-refractivity contribution in [2.24, 2.45) is 0 Å². The van der Waals surface area contributed by atoms with Gasteiger partial charge in [0.2, 0.25) is 11.8 Å². The Morgan fingerprint density at radius 2 is 1.83 bits per heavy atom. The number of carbonyl (C=O) groups is 2. The molecule has 0 saturated heterocycles. The second-order valence-corrected chi connectivity index (χ2v) is 8.34. The summed E-state index contributed by atoms with van der Waals surface area (Å²) in [4.78, 5) is 27.2. The summed E-state index contributed by atoms with van der Waals surface area (Å²) in [6.45, 7) is 5.79. The SMILES string of the molecule is CCC(C)NC(=O)C(C)N(Cc1ccc(Br)cc1)C(=O)Cc1c(F)cccc1Cl. The molecule has 0 aliphatic carbocycles. The van der Waals surface area contributed by atoms with Crippen LogP contribution in [0.25, 0.3) is 0 Å². The second-order valence-electron chi connectivity index (χ2n) is 7.02. The average Bonchev–Trinajstić information content (AvgIpc) is 2.69. The minimum Gasteiger partial charge on any atom is -0.352 e. The highest BCUT2D eigenvalue weighted by Crippen LogP contribution is 2.22. The zero-order valence-corrected chi connectivity index (χ0v) is 19.1. The molecule has 0 aliphatic rings. The largest absolute Gasteiger partial charge is 0.352 e. The van der Waals surface area contributed by atoms with E-state index in [1.54, 1.807) is 13.0 Å². The predicted molar refractivity (Wildman–Crippen MR) is 117 cm³/mol. The van der Waals surface area contributed by atoms with E-state index in [0.717, 1.165) is 16.5 Å². The molecule has 0 aromatic heterocycles. The Morgan fingerprint density at radius 3 is 2.41 bits per heavy atom. The van der Waals surface area contributed by atoms with Crippen molar-refractivity contribution in [1.82, 2.24) is 10.2 Å². The van der Waals surface area contributed by atoms with Gasteiger partial charge in [0.05, 0.1) is 6.42 Å². The minimum atomic E-state index is -0.717. The van der Waals surface area contributed by atoms with Crippen molar-refractivity contribution >= 4 is 39.3 Å². The molecule has 4 nitrogen and oxygen atoms in total. The van der Waals surface area contributed by atoms with E-state index in [4.69, 9.17) is 11.6 Å². The van der Waals surface area contributed by atoms with Gasteiger partial charge in [0.25, 0.3) is 0 Å². The monoisotopic (exact) mass is 482 g/mol. The molecule has 0 fully saturated rings. The molecule has 0 heterocycles. The zero-order valence-electron chi connectivity index (χ0n) is 16.7. The zero-order chi connectivity index (χ0) is 21.6. The summed E-state index contributed by atoms with van der Waals surface area (Å²) in [7, 11) is 0. The van der Waals surface area contributed by atoms with Crippen LogP contribution < -0.4 is 5.32 Å². The fourth-order valence-corrected chi connectivity index (χ4v) is 3.28. The van der Waals surface area contributed by atoms with Crippen LogP contribution in [0.15, 0.2) is 46.9 Å². The van der Waals surface area contributed by atoms with E-state index in [1.807, 2.05) is 38.1 Å². The minimum absolute atomic E-state index is 0.00408. The van der Waals surface area contributed by atoms with Gasteiger partial charge in [0.15, 0.2) is 0 Å². The smallest absolute Gasteiger partial charge is 0.242 e. The standard InChI is InChI=1S/C22H25BrClFN2O2/c1-4-14(2)26-22(29)15(3)27(13-16-8-10-17(23)11-9-16)21(28)12-18-19(24)6-5-7-20(18)25/h5-11,14-15H,4,12-13H2,1-3H3,(H,26,29). The molecule has 1 N–H and O–H groups in total. The van der Waals surface area contributed by atoms with Crippen LogP contribution in [0.2, 0.25) is 5.02 Å². The predicted octanol–water partition coefficient (Wildman–Crippen LogP) is 5.12. The van der Waals surface area contributed by atoms with Crippen molar-refractivity contribution in [3.05, 3.63) is 68.9 Å². The molecule has 2 aromatic rings. The van der Waals surface area contributed by atoms with Gasteiger partial charge in [-0.3, -0.25) is 9.59 Å². The van der Waals surface area contributed by atoms with E-state index < -0.39 is 11.9 Å². The summed E-state index contributed by atoms with van der Waals surface area (Å²) in [6, 6.07) is 11.1. The highest BCUT2D eigenvalue weighted by molar-refractivity contribution is 9.10. The maximum atomic E-state index is 14.2. The number of amides is 2. The Morgan fingerprint density at radius 1 is 1.17 bits per heavy atom. The Bertz CT molecular complexity index is 840. The second kappa shape index (κ2) is 10.7. The van der Waals surface area contributed by atoms with Crippen LogP contribution in [0.4, 0.5) is 4.39 Å². The van der Waals surface area contributed by atoms with E-state index in [9.17, 15) is 14.0 Å². The van der Waals surface area contributed by atoms with Crippen LogP contribution in [0, 0.1) is 5.82 Å². The number of halogens is 3. The Labute approximate surface area is 184 Å². The van der Waals surface area contributed by atoms with Crippen molar-refractivity contribution in [3.8, 4) is 0 Å². The van der Waals surface area contributed by atoms with E-state index in [1.165, 1.54) is 17.0 Å². The third-order valence-electron chi connectivity index (χ3n) is 4.82. The summed E-state index contributed by atoms with van der Waals surface area (Å²) < 4.78 is 15.1. The van der Waals surface area contributed by atoms with Crippen LogP contribution in [0.1, 0.15) is 38.3 Å². The molecule has 0 radical (unpaired) electrons. The maximum absolute atomic E-state index is 14.2. The Kier molecular flexibility index (Phi) is 8.65. The van der Waals surface area contributed by atoms with Gasteiger partial charge >= 0.3 is 0 Å². The number of benzene rings is 2. The summed E-state index contributed by atoms with van der Waals surface area (Å²) in [5.74, 6) is -1.15. The molecular formula is C22H25BrClFN2O2. The Hall–Kier alpha value is -1.92. The highest BCUT2D eigenvalue weighted by atomic mass is 79.9. The molecule has 0 saturated carbocycles. The van der Waals surface area contributed by atoms with Crippen molar-refractivity contribution in [3.63, 3.8) is 0 Å². The number of nitrogens with one attached hydrogen (secondary N) is 1. The van der Waals surface area contributed by atoms with Gasteiger partial charge in [-0.25, -0.2) is 4.39 Å². The summed E-state index contributed by atoms with van der Waals surface area (Å²) >= 11 is 9.48. The molecule has 7 heteroatoms. The van der Waals surface area contributed by atoms with E-state index in [0.29, 0.717) is 0 Å². The fraction of sp³-hybridized carbons (Fsp3) is 0.364. The van der Waals surface area contributed by atoms with E-state index in [-0.39, 0.29) is 41.4 Å². The quantitative estimate of drug-likeness (QED) is 0.567. The van der Waals surface area contributed by atoms with Crippen LogP contribution in [0.5, 0.6) is 0 Å². The van der Waals surface area contributed by atoms with Gasteiger partial charge < -0.3 is 10.2 Å². The molecule has 0 aliphatic heterocycles. The fourth-order valence-electron chi connectivity index (χ4n) is 2.79. The number of nitrogens with zero attached hydrogens (tertiary/aromatic N) is 1. The summed E-state index contributed by atoms with van der Waals surface area (Å²) in [6.07, 6.45) is 0.562. The lowest BCUT2D eigenvalue weighted by atomic mass is 10.1. The van der Waals surface area contributed by atoms with Crippen LogP contribution in [-0.4, -0.2) is 28.8 Å². The van der Waals surface area contributed by atoms with Crippen molar-refractivity contribution < 1.29 is 14.0 Å². The molecule has 2 unspecified atom stereocenters. The van der Waals surface area contributed by atoms with Gasteiger partial charge in [0.1, 0.15) is 11.9 Å². The lowest BCUT2D eigenvalue weighted by Crippen LogP contribution is -2.50. The number of carbonyl (C=O) groups excluding carboxylic acids is 2. The summed E-state index contributed by atoms with van der Waals surface area (Å²) in [5, 5.41) is 3.10. The molecule has 2 aromatic carbocycles. The lowest BCUT2D eigenvalue weighted by molar-refractivity contribution is -0.140. The molecule has 0 spiro atoms. The molecule has 0 bridgehead atoms. The van der Waals surface area contributed by atoms with Gasteiger partial charge in [-0.15, -0.1) is 0 Å². The number of rotatable bonds is 8. The van der Waals surface area contributed by atoms with Crippen LogP contribution in [-0.2, 0) is 22.6 Å². The lowest BCUT2D eigenvalue weighted by Gasteiger charge is -2.30. The van der Waals surface area contributed by atoms with E-state index in [2.05, 4.69) is 21.2 Å². The molecular weight excluding hydrogens is 459 g/mol. The number of hydrogen-bond acceptors (Lipinski definition) is 2. The third kappa shape index (κ3) is 6.54. The average molecular weight is 484 g/mol.